The largest absolute Gasteiger partial charge is 0.345 e. The van der Waals surface area contributed by atoms with Crippen molar-refractivity contribution < 1.29 is 18.5 Å². The molecule has 0 aliphatic rings. The van der Waals surface area contributed by atoms with Gasteiger partial charge in [-0.15, -0.1) is 0 Å². The number of hydrogen-bond acceptors (Lipinski definition) is 1. The lowest BCUT2D eigenvalue weighted by Gasteiger charge is -2.18. The quantitative estimate of drug-likeness (QED) is 0.771. The van der Waals surface area contributed by atoms with Gasteiger partial charge in [-0.25, -0.2) is 8.78 Å². The summed E-state index contributed by atoms with van der Waals surface area (Å²) < 4.78 is 27.7. The van der Waals surface area contributed by atoms with E-state index >= 15 is 0 Å². The molecule has 0 saturated heterocycles. The highest BCUT2D eigenvalue weighted by molar-refractivity contribution is 9.10. The van der Waals surface area contributed by atoms with Gasteiger partial charge in [0.2, 0.25) is 0 Å². The Balaban J connectivity index is 1.88. The zero-order chi connectivity index (χ0) is 17.7. The molecule has 3 nitrogen and oxygen atoms in total. The first-order valence-electron chi connectivity index (χ1n) is 7.65. The highest BCUT2D eigenvalue weighted by atomic mass is 79.9. The molecule has 0 aromatic heterocycles. The van der Waals surface area contributed by atoms with Crippen LogP contribution in [0.3, 0.4) is 0 Å². The third-order valence-electron chi connectivity index (χ3n) is 3.69. The minimum atomic E-state index is -0.654. The Morgan fingerprint density at radius 2 is 1.88 bits per heavy atom. The van der Waals surface area contributed by atoms with Gasteiger partial charge in [0.25, 0.3) is 5.91 Å². The molecule has 0 saturated carbocycles. The van der Waals surface area contributed by atoms with Crippen molar-refractivity contribution >= 4 is 21.8 Å². The first kappa shape index (κ1) is 18.5. The Morgan fingerprint density at radius 1 is 1.21 bits per heavy atom. The van der Waals surface area contributed by atoms with E-state index in [2.05, 4.69) is 21.2 Å². The Labute approximate surface area is 148 Å². The number of benzene rings is 2. The summed E-state index contributed by atoms with van der Waals surface area (Å²) in [6.07, 6.45) is 0. The number of carbonyl (C=O) groups excluding carboxylic acids is 1. The predicted molar refractivity (Wildman–Crippen MR) is 92.5 cm³/mol. The average molecular weight is 398 g/mol. The van der Waals surface area contributed by atoms with Gasteiger partial charge >= 0.3 is 0 Å². The monoisotopic (exact) mass is 397 g/mol. The maximum absolute atomic E-state index is 13.7. The van der Waals surface area contributed by atoms with Gasteiger partial charge in [-0.05, 0) is 25.1 Å². The number of nitrogens with one attached hydrogen (secondary N) is 2. The molecule has 6 heteroatoms. The van der Waals surface area contributed by atoms with Crippen LogP contribution in [0.1, 0.15) is 24.1 Å². The second kappa shape index (κ2) is 8.35. The van der Waals surface area contributed by atoms with Gasteiger partial charge in [-0.2, -0.15) is 0 Å². The van der Waals surface area contributed by atoms with E-state index in [0.717, 1.165) is 21.0 Å². The summed E-state index contributed by atoms with van der Waals surface area (Å²) in [4.78, 5) is 13.1. The summed E-state index contributed by atoms with van der Waals surface area (Å²) in [5.41, 5.74) is 1.40. The van der Waals surface area contributed by atoms with Gasteiger partial charge in [-0.3, -0.25) is 4.79 Å². The van der Waals surface area contributed by atoms with E-state index in [4.69, 9.17) is 0 Å². The molecule has 1 amide bonds. The number of hydrogen-bond donors (Lipinski definition) is 2. The van der Waals surface area contributed by atoms with Crippen molar-refractivity contribution in [1.82, 2.24) is 5.32 Å². The van der Waals surface area contributed by atoms with E-state index in [-0.39, 0.29) is 18.0 Å². The van der Waals surface area contributed by atoms with E-state index in [1.165, 1.54) is 12.1 Å². The molecule has 2 N–H and O–H groups in total. The zero-order valence-corrected chi connectivity index (χ0v) is 15.2. The van der Waals surface area contributed by atoms with Gasteiger partial charge in [0.15, 0.2) is 6.54 Å². The molecule has 2 rings (SSSR count). The average Bonchev–Trinajstić information content (AvgIpc) is 2.49. The van der Waals surface area contributed by atoms with Crippen LogP contribution < -0.4 is 10.2 Å². The van der Waals surface area contributed by atoms with E-state index in [1.54, 1.807) is 6.92 Å². The van der Waals surface area contributed by atoms with Gasteiger partial charge in [0.1, 0.15) is 18.2 Å². The fourth-order valence-corrected chi connectivity index (χ4v) is 2.77. The zero-order valence-electron chi connectivity index (χ0n) is 13.6. The maximum atomic E-state index is 13.7. The minimum Gasteiger partial charge on any atom is -0.345 e. The summed E-state index contributed by atoms with van der Waals surface area (Å²) in [6.45, 7) is 2.65. The second-order valence-electron chi connectivity index (χ2n) is 5.89. The van der Waals surface area contributed by atoms with E-state index in [0.29, 0.717) is 6.54 Å². The third kappa shape index (κ3) is 5.39. The molecule has 0 spiro atoms. The van der Waals surface area contributed by atoms with Gasteiger partial charge in [0.05, 0.1) is 13.1 Å². The Morgan fingerprint density at radius 3 is 2.50 bits per heavy atom. The number of likely N-dealkylation sites (N-methyl/N-ethyl adjacent to an activating group) is 1. The van der Waals surface area contributed by atoms with Crippen molar-refractivity contribution in [1.29, 1.82) is 0 Å². The lowest BCUT2D eigenvalue weighted by Crippen LogP contribution is -3.08. The van der Waals surface area contributed by atoms with Crippen molar-refractivity contribution in [3.63, 3.8) is 0 Å². The van der Waals surface area contributed by atoms with Crippen LogP contribution in [0, 0.1) is 11.6 Å². The molecule has 0 bridgehead atoms. The van der Waals surface area contributed by atoms with Crippen molar-refractivity contribution in [2.75, 3.05) is 13.6 Å². The smallest absolute Gasteiger partial charge is 0.275 e. The number of halogens is 3. The molecular weight excluding hydrogens is 378 g/mol. The Bertz CT molecular complexity index is 707. The van der Waals surface area contributed by atoms with Crippen LogP contribution in [-0.4, -0.2) is 19.5 Å². The topological polar surface area (TPSA) is 33.5 Å². The lowest BCUT2D eigenvalue weighted by molar-refractivity contribution is -0.885. The molecular formula is C18H20BrF2N2O+. The standard InChI is InChI=1S/C18H19BrF2N2O/c1-12(16-8-7-15(20)9-17(16)21)22-18(24)11-23(2)10-13-3-5-14(19)6-4-13/h3-9,12H,10-11H2,1-2H3,(H,22,24)/p+1/t12-/m0/s1. The predicted octanol–water partition coefficient (Wildman–Crippen LogP) is 2.62. The van der Waals surface area contributed by atoms with Gasteiger partial charge in [-0.1, -0.05) is 34.1 Å². The number of rotatable bonds is 6. The molecule has 2 atom stereocenters. The summed E-state index contributed by atoms with van der Waals surface area (Å²) in [5, 5.41) is 2.75. The summed E-state index contributed by atoms with van der Waals surface area (Å²) in [6, 6.07) is 10.8. The maximum Gasteiger partial charge on any atom is 0.275 e. The van der Waals surface area contributed by atoms with Crippen LogP contribution in [0.5, 0.6) is 0 Å². The second-order valence-corrected chi connectivity index (χ2v) is 6.81. The Hall–Kier alpha value is -1.79. The van der Waals surface area contributed by atoms with Gasteiger partial charge in [0, 0.05) is 21.7 Å². The molecule has 1 unspecified atom stereocenters. The van der Waals surface area contributed by atoms with Crippen LogP contribution in [0.4, 0.5) is 8.78 Å². The first-order chi connectivity index (χ1) is 11.3. The molecule has 2 aromatic carbocycles. The molecule has 0 aliphatic heterocycles. The van der Waals surface area contributed by atoms with Crippen molar-refractivity contribution in [3.05, 3.63) is 69.7 Å². The number of quaternary nitrogens is 1. The first-order valence-corrected chi connectivity index (χ1v) is 8.44. The minimum absolute atomic E-state index is 0.180. The fraction of sp³-hybridized carbons (Fsp3) is 0.278. The summed E-state index contributed by atoms with van der Waals surface area (Å²) >= 11 is 3.39. The number of carbonyl (C=O) groups is 1. The van der Waals surface area contributed by atoms with Crippen LogP contribution in [-0.2, 0) is 11.3 Å². The van der Waals surface area contributed by atoms with Crippen molar-refractivity contribution in [2.24, 2.45) is 0 Å². The Kier molecular flexibility index (Phi) is 6.45. The molecule has 128 valence electrons. The summed E-state index contributed by atoms with van der Waals surface area (Å²) in [5.74, 6) is -1.47. The molecule has 2 aromatic rings. The highest BCUT2D eigenvalue weighted by Gasteiger charge is 2.17. The fourth-order valence-electron chi connectivity index (χ4n) is 2.51. The SMILES string of the molecule is C[C@H](NC(=O)C[NH+](C)Cc1ccc(Br)cc1)c1ccc(F)cc1F. The van der Waals surface area contributed by atoms with Crippen molar-refractivity contribution in [3.8, 4) is 0 Å². The van der Waals surface area contributed by atoms with Crippen molar-refractivity contribution in [2.45, 2.75) is 19.5 Å². The van der Waals surface area contributed by atoms with E-state index in [9.17, 15) is 13.6 Å². The third-order valence-corrected chi connectivity index (χ3v) is 4.22. The number of amides is 1. The van der Waals surface area contributed by atoms with Crippen LogP contribution in [0.25, 0.3) is 0 Å². The molecule has 24 heavy (non-hydrogen) atoms. The molecule has 0 radical (unpaired) electrons. The van der Waals surface area contributed by atoms with Crippen LogP contribution in [0.15, 0.2) is 46.9 Å². The molecule has 0 aliphatic carbocycles. The van der Waals surface area contributed by atoms with Crippen LogP contribution in [0.2, 0.25) is 0 Å². The normalized spacial score (nSPS) is 13.4. The van der Waals surface area contributed by atoms with Gasteiger partial charge < -0.3 is 10.2 Å². The van der Waals surface area contributed by atoms with E-state index < -0.39 is 17.7 Å². The summed E-state index contributed by atoms with van der Waals surface area (Å²) in [7, 11) is 1.92. The lowest BCUT2D eigenvalue weighted by atomic mass is 10.1. The molecule has 0 fully saturated rings. The van der Waals surface area contributed by atoms with E-state index in [1.807, 2.05) is 31.3 Å². The van der Waals surface area contributed by atoms with Crippen LogP contribution >= 0.6 is 15.9 Å². The molecule has 0 heterocycles. The highest BCUT2D eigenvalue weighted by Crippen LogP contribution is 2.17.